The van der Waals surface area contributed by atoms with E-state index in [9.17, 15) is 0 Å². The molecular weight excluding hydrogens is 172 g/mol. The fourth-order valence-electron chi connectivity index (χ4n) is 0.541. The van der Waals surface area contributed by atoms with Gasteiger partial charge >= 0.3 is 0 Å². The molecule has 0 unspecified atom stereocenters. The van der Waals surface area contributed by atoms with Crippen molar-refractivity contribution >= 4 is 22.9 Å². The van der Waals surface area contributed by atoms with E-state index in [0.29, 0.717) is 5.92 Å². The molecule has 70 valence electrons. The lowest BCUT2D eigenvalue weighted by molar-refractivity contribution is 0.632. The van der Waals surface area contributed by atoms with E-state index >= 15 is 0 Å². The van der Waals surface area contributed by atoms with Crippen molar-refractivity contribution in [3.8, 4) is 0 Å². The van der Waals surface area contributed by atoms with Gasteiger partial charge in [-0.05, 0) is 12.3 Å². The van der Waals surface area contributed by atoms with E-state index in [1.54, 1.807) is 0 Å². The van der Waals surface area contributed by atoms with Crippen LogP contribution in [0.5, 0.6) is 0 Å². The van der Waals surface area contributed by atoms with Gasteiger partial charge in [-0.2, -0.15) is 4.99 Å². The van der Waals surface area contributed by atoms with Gasteiger partial charge in [-0.15, -0.1) is 0 Å². The van der Waals surface area contributed by atoms with Crippen LogP contribution in [-0.4, -0.2) is 16.9 Å². The molecule has 12 heavy (non-hydrogen) atoms. The summed E-state index contributed by atoms with van der Waals surface area (Å²) < 4.78 is 0. The number of hydrogen-bond acceptors (Lipinski definition) is 2. The smallest absolute Gasteiger partial charge is 0.193 e. The topological polar surface area (TPSA) is 88.2 Å². The van der Waals surface area contributed by atoms with Gasteiger partial charge in [-0.3, -0.25) is 5.41 Å². The Bertz CT molecular complexity index is 172. The largest absolute Gasteiger partial charge is 0.370 e. The fraction of sp³-hybridized carbons (Fsp3) is 0.714. The Balaban J connectivity index is 3.52. The second-order valence-corrected chi connectivity index (χ2v) is 3.96. The highest BCUT2D eigenvalue weighted by Gasteiger charge is 1.98. The molecule has 0 heterocycles. The van der Waals surface area contributed by atoms with Crippen LogP contribution in [0.15, 0.2) is 4.99 Å². The minimum Gasteiger partial charge on any atom is -0.370 e. The lowest BCUT2D eigenvalue weighted by Gasteiger charge is -2.02. The highest BCUT2D eigenvalue weighted by Crippen LogP contribution is 2.09. The molecule has 0 fully saturated rings. The molecule has 4 nitrogen and oxygen atoms in total. The molecule has 0 amide bonds. The maximum atomic E-state index is 7.28. The number of aliphatic imine (C=N–C) groups is 1. The second kappa shape index (κ2) is 5.88. The zero-order valence-electron chi connectivity index (χ0n) is 7.50. The summed E-state index contributed by atoms with van der Waals surface area (Å²) in [5.74, 6) is 1.51. The summed E-state index contributed by atoms with van der Waals surface area (Å²) in [6.45, 7) is 4.29. The predicted octanol–water partition coefficient (Wildman–Crippen LogP) is 0.974. The van der Waals surface area contributed by atoms with Crippen molar-refractivity contribution in [2.75, 3.05) is 5.75 Å². The third-order valence-corrected chi connectivity index (χ3v) is 1.97. The van der Waals surface area contributed by atoms with Crippen LogP contribution in [-0.2, 0) is 0 Å². The molecule has 0 atom stereocenters. The van der Waals surface area contributed by atoms with Gasteiger partial charge in [-0.25, -0.2) is 0 Å². The van der Waals surface area contributed by atoms with Crippen LogP contribution in [0.2, 0.25) is 0 Å². The molecule has 0 radical (unpaired) electrons. The van der Waals surface area contributed by atoms with Gasteiger partial charge in [0, 0.05) is 5.75 Å². The second-order valence-electron chi connectivity index (χ2n) is 2.87. The van der Waals surface area contributed by atoms with E-state index in [4.69, 9.17) is 16.9 Å². The number of nitrogens with one attached hydrogen (secondary N) is 1. The van der Waals surface area contributed by atoms with E-state index in [2.05, 4.69) is 18.8 Å². The summed E-state index contributed by atoms with van der Waals surface area (Å²) >= 11 is 1.37. The number of rotatable bonds is 3. The molecule has 0 aliphatic heterocycles. The molecular formula is C7H16N4S. The quantitative estimate of drug-likeness (QED) is 0.455. The molecule has 0 aromatic carbocycles. The lowest BCUT2D eigenvalue weighted by Crippen LogP contribution is -2.23. The zero-order valence-corrected chi connectivity index (χ0v) is 8.32. The van der Waals surface area contributed by atoms with Crippen molar-refractivity contribution in [2.24, 2.45) is 22.4 Å². The third kappa shape index (κ3) is 7.40. The van der Waals surface area contributed by atoms with Crippen molar-refractivity contribution in [1.82, 2.24) is 0 Å². The normalized spacial score (nSPS) is 9.92. The van der Waals surface area contributed by atoms with Gasteiger partial charge in [-0.1, -0.05) is 25.6 Å². The fourth-order valence-corrected chi connectivity index (χ4v) is 1.49. The van der Waals surface area contributed by atoms with E-state index in [1.807, 2.05) is 0 Å². The first-order valence-electron chi connectivity index (χ1n) is 3.83. The van der Waals surface area contributed by atoms with E-state index in [1.165, 1.54) is 11.8 Å². The Morgan fingerprint density at radius 3 is 2.50 bits per heavy atom. The molecule has 0 saturated heterocycles. The monoisotopic (exact) mass is 188 g/mol. The molecule has 0 aliphatic rings. The number of nitrogens with two attached hydrogens (primary N) is 2. The van der Waals surface area contributed by atoms with Gasteiger partial charge in [0.1, 0.15) is 0 Å². The van der Waals surface area contributed by atoms with Crippen LogP contribution in [0.25, 0.3) is 0 Å². The van der Waals surface area contributed by atoms with Crippen LogP contribution in [0.3, 0.4) is 0 Å². The first-order valence-corrected chi connectivity index (χ1v) is 4.82. The lowest BCUT2D eigenvalue weighted by atomic mass is 10.2. The minimum atomic E-state index is -0.0444. The molecule has 0 saturated carbocycles. The minimum absolute atomic E-state index is 0.0444. The zero-order chi connectivity index (χ0) is 9.56. The Kier molecular flexibility index (Phi) is 5.53. The Hall–Kier alpha value is -0.710. The average Bonchev–Trinajstić information content (AvgIpc) is 1.84. The first-order chi connectivity index (χ1) is 5.52. The molecule has 0 aliphatic carbocycles. The highest BCUT2D eigenvalue weighted by atomic mass is 32.2. The summed E-state index contributed by atoms with van der Waals surface area (Å²) in [4.78, 5) is 3.59. The number of guanidine groups is 1. The van der Waals surface area contributed by atoms with Gasteiger partial charge in [0.25, 0.3) is 0 Å². The third-order valence-electron chi connectivity index (χ3n) is 1.16. The highest BCUT2D eigenvalue weighted by molar-refractivity contribution is 8.13. The molecule has 0 bridgehead atoms. The maximum Gasteiger partial charge on any atom is 0.193 e. The maximum absolute atomic E-state index is 7.28. The number of amidine groups is 1. The van der Waals surface area contributed by atoms with Gasteiger partial charge < -0.3 is 11.5 Å². The number of hydrogen-bond donors (Lipinski definition) is 3. The summed E-state index contributed by atoms with van der Waals surface area (Å²) in [5.41, 5.74) is 10.2. The first kappa shape index (κ1) is 11.3. The van der Waals surface area contributed by atoms with Crippen LogP contribution >= 0.6 is 11.8 Å². The van der Waals surface area contributed by atoms with Crippen molar-refractivity contribution < 1.29 is 0 Å². The van der Waals surface area contributed by atoms with Gasteiger partial charge in [0.05, 0.1) is 0 Å². The summed E-state index contributed by atoms with van der Waals surface area (Å²) in [6.07, 6.45) is 1.08. The average molecular weight is 188 g/mol. The SMILES string of the molecule is CC(C)CCSC(=N)N=C(N)N. The van der Waals surface area contributed by atoms with Crippen molar-refractivity contribution in [1.29, 1.82) is 5.41 Å². The predicted molar refractivity (Wildman–Crippen MR) is 55.4 cm³/mol. The summed E-state index contributed by atoms with van der Waals surface area (Å²) in [7, 11) is 0. The number of thioether (sulfide) groups is 1. The molecule has 5 N–H and O–H groups in total. The Morgan fingerprint density at radius 2 is 2.08 bits per heavy atom. The van der Waals surface area contributed by atoms with Crippen LogP contribution in [0.1, 0.15) is 20.3 Å². The molecule has 0 aromatic heterocycles. The Labute approximate surface area is 77.3 Å². The van der Waals surface area contributed by atoms with Crippen LogP contribution in [0.4, 0.5) is 0 Å². The molecule has 5 heteroatoms. The molecule has 0 aromatic rings. The van der Waals surface area contributed by atoms with E-state index < -0.39 is 0 Å². The van der Waals surface area contributed by atoms with Crippen LogP contribution in [0, 0.1) is 11.3 Å². The van der Waals surface area contributed by atoms with Crippen molar-refractivity contribution in [3.63, 3.8) is 0 Å². The van der Waals surface area contributed by atoms with Crippen molar-refractivity contribution in [3.05, 3.63) is 0 Å². The van der Waals surface area contributed by atoms with Gasteiger partial charge in [0.15, 0.2) is 11.1 Å². The summed E-state index contributed by atoms with van der Waals surface area (Å²) in [6, 6.07) is 0. The summed E-state index contributed by atoms with van der Waals surface area (Å²) in [5, 5.41) is 7.47. The van der Waals surface area contributed by atoms with E-state index in [0.717, 1.165) is 12.2 Å². The van der Waals surface area contributed by atoms with Crippen LogP contribution < -0.4 is 11.5 Å². The number of nitrogens with zero attached hydrogens (tertiary/aromatic N) is 1. The molecule has 0 spiro atoms. The molecule has 0 rings (SSSR count). The van der Waals surface area contributed by atoms with Gasteiger partial charge in [0.2, 0.25) is 0 Å². The van der Waals surface area contributed by atoms with E-state index in [-0.39, 0.29) is 11.1 Å². The Morgan fingerprint density at radius 1 is 1.50 bits per heavy atom. The van der Waals surface area contributed by atoms with Crippen molar-refractivity contribution in [2.45, 2.75) is 20.3 Å². The standard InChI is InChI=1S/C7H16N4S/c1-5(2)3-4-12-7(10)11-6(8)9/h5H,3-4H2,1-2H3,(H5,8,9,10,11).